The molecule has 132 valence electrons. The predicted molar refractivity (Wildman–Crippen MR) is 95.3 cm³/mol. The van der Waals surface area contributed by atoms with E-state index in [9.17, 15) is 13.8 Å². The molecule has 0 aliphatic heterocycles. The van der Waals surface area contributed by atoms with Crippen LogP contribution in [-0.4, -0.2) is 35.6 Å². The lowest BCUT2D eigenvalue weighted by Crippen LogP contribution is -2.30. The van der Waals surface area contributed by atoms with Crippen LogP contribution in [0.2, 0.25) is 0 Å². The van der Waals surface area contributed by atoms with E-state index in [1.54, 1.807) is 42.5 Å². The van der Waals surface area contributed by atoms with Crippen molar-refractivity contribution >= 4 is 28.4 Å². The molecule has 7 heteroatoms. The zero-order chi connectivity index (χ0) is 18.4. The molecule has 0 fully saturated rings. The molecular formula is C18H19NO5S. The third-order valence-corrected chi connectivity index (χ3v) is 4.38. The van der Waals surface area contributed by atoms with E-state index in [2.05, 4.69) is 5.32 Å². The zero-order valence-corrected chi connectivity index (χ0v) is 15.0. The number of nitrogens with one attached hydrogen (secondary N) is 1. The number of anilines is 1. The van der Waals surface area contributed by atoms with Gasteiger partial charge in [0, 0.05) is 18.0 Å². The van der Waals surface area contributed by atoms with E-state index in [1.807, 2.05) is 0 Å². The standard InChI is InChI=1S/C18H19NO5S/c1-12(17(20)19-13-7-6-8-14(11-13)23-2)24-18(21)15-9-4-5-10-16(15)25(3)22/h4-12H,1-3H3,(H,19,20)/t12-,25-/m1/s1. The molecule has 2 aromatic carbocycles. The molecule has 0 aliphatic carbocycles. The molecular weight excluding hydrogens is 342 g/mol. The number of carbonyl (C=O) groups is 2. The number of ether oxygens (including phenoxy) is 2. The Bertz CT molecular complexity index is 806. The van der Waals surface area contributed by atoms with Crippen molar-refractivity contribution < 1.29 is 23.3 Å². The SMILES string of the molecule is COc1cccc(NC(=O)[C@@H](C)OC(=O)c2ccccc2[S@@](C)=O)c1. The van der Waals surface area contributed by atoms with Crippen molar-refractivity contribution in [2.24, 2.45) is 0 Å². The maximum absolute atomic E-state index is 12.3. The Morgan fingerprint density at radius 1 is 1.12 bits per heavy atom. The molecule has 1 N–H and O–H groups in total. The van der Waals surface area contributed by atoms with Crippen LogP contribution in [0.3, 0.4) is 0 Å². The smallest absolute Gasteiger partial charge is 0.340 e. The molecule has 2 aromatic rings. The van der Waals surface area contributed by atoms with Crippen LogP contribution >= 0.6 is 0 Å². The number of hydrogen-bond donors (Lipinski definition) is 1. The van der Waals surface area contributed by atoms with Gasteiger partial charge >= 0.3 is 5.97 Å². The van der Waals surface area contributed by atoms with Gasteiger partial charge in [0.1, 0.15) is 5.75 Å². The fraction of sp³-hybridized carbons (Fsp3) is 0.222. The topological polar surface area (TPSA) is 81.7 Å². The van der Waals surface area contributed by atoms with E-state index < -0.39 is 28.8 Å². The van der Waals surface area contributed by atoms with Crippen LogP contribution in [-0.2, 0) is 20.3 Å². The second-order valence-electron chi connectivity index (χ2n) is 5.22. The third kappa shape index (κ3) is 4.90. The predicted octanol–water partition coefficient (Wildman–Crippen LogP) is 2.62. The van der Waals surface area contributed by atoms with Gasteiger partial charge in [-0.25, -0.2) is 4.79 Å². The maximum atomic E-state index is 12.3. The highest BCUT2D eigenvalue weighted by molar-refractivity contribution is 7.84. The number of hydrogen-bond acceptors (Lipinski definition) is 5. The summed E-state index contributed by atoms with van der Waals surface area (Å²) < 4.78 is 22.0. The molecule has 0 saturated heterocycles. The van der Waals surface area contributed by atoms with E-state index in [1.165, 1.54) is 26.4 Å². The summed E-state index contributed by atoms with van der Waals surface area (Å²) in [6.07, 6.45) is 0.461. The van der Waals surface area contributed by atoms with Crippen LogP contribution in [0.5, 0.6) is 5.75 Å². The van der Waals surface area contributed by atoms with Crippen molar-refractivity contribution in [2.75, 3.05) is 18.7 Å². The van der Waals surface area contributed by atoms with Gasteiger partial charge in [-0.2, -0.15) is 0 Å². The lowest BCUT2D eigenvalue weighted by Gasteiger charge is -2.15. The van der Waals surface area contributed by atoms with Gasteiger partial charge in [-0.15, -0.1) is 0 Å². The van der Waals surface area contributed by atoms with Gasteiger partial charge in [-0.05, 0) is 31.2 Å². The fourth-order valence-corrected chi connectivity index (χ4v) is 2.84. The quantitative estimate of drug-likeness (QED) is 0.800. The Kier molecular flexibility index (Phi) is 6.30. The average Bonchev–Trinajstić information content (AvgIpc) is 2.61. The van der Waals surface area contributed by atoms with E-state index in [0.717, 1.165) is 0 Å². The highest BCUT2D eigenvalue weighted by Gasteiger charge is 2.21. The molecule has 25 heavy (non-hydrogen) atoms. The van der Waals surface area contributed by atoms with Crippen LogP contribution < -0.4 is 10.1 Å². The Hall–Kier alpha value is -2.67. The lowest BCUT2D eigenvalue weighted by molar-refractivity contribution is -0.123. The Balaban J connectivity index is 2.06. The monoisotopic (exact) mass is 361 g/mol. The van der Waals surface area contributed by atoms with Crippen LogP contribution in [0.15, 0.2) is 53.4 Å². The number of methoxy groups -OCH3 is 1. The molecule has 2 rings (SSSR count). The first-order valence-corrected chi connectivity index (χ1v) is 9.06. The molecule has 2 atom stereocenters. The third-order valence-electron chi connectivity index (χ3n) is 3.41. The van der Waals surface area contributed by atoms with Gasteiger partial charge in [-0.3, -0.25) is 9.00 Å². The minimum atomic E-state index is -1.34. The van der Waals surface area contributed by atoms with E-state index in [-0.39, 0.29) is 5.56 Å². The van der Waals surface area contributed by atoms with Gasteiger partial charge in [-0.1, -0.05) is 18.2 Å². The van der Waals surface area contributed by atoms with Crippen LogP contribution in [0.25, 0.3) is 0 Å². The van der Waals surface area contributed by atoms with Gasteiger partial charge < -0.3 is 14.8 Å². The van der Waals surface area contributed by atoms with E-state index in [4.69, 9.17) is 9.47 Å². The summed E-state index contributed by atoms with van der Waals surface area (Å²) in [6, 6.07) is 13.3. The van der Waals surface area contributed by atoms with Crippen molar-refractivity contribution in [3.05, 3.63) is 54.1 Å². The number of carbonyl (C=O) groups excluding carboxylic acids is 2. The first-order valence-electron chi connectivity index (χ1n) is 7.50. The number of benzene rings is 2. The second kappa shape index (κ2) is 8.43. The fourth-order valence-electron chi connectivity index (χ4n) is 2.11. The summed E-state index contributed by atoms with van der Waals surface area (Å²) in [4.78, 5) is 24.9. The molecule has 0 bridgehead atoms. The Labute approximate surface area is 148 Å². The maximum Gasteiger partial charge on any atom is 0.340 e. The minimum Gasteiger partial charge on any atom is -0.497 e. The molecule has 0 aliphatic rings. The normalized spacial score (nSPS) is 12.8. The summed E-state index contributed by atoms with van der Waals surface area (Å²) >= 11 is 0. The Morgan fingerprint density at radius 3 is 2.52 bits per heavy atom. The summed E-state index contributed by atoms with van der Waals surface area (Å²) in [5, 5.41) is 2.65. The largest absolute Gasteiger partial charge is 0.497 e. The second-order valence-corrected chi connectivity index (χ2v) is 6.57. The summed E-state index contributed by atoms with van der Waals surface area (Å²) in [7, 11) is 0.191. The molecule has 1 amide bonds. The molecule has 6 nitrogen and oxygen atoms in total. The molecule has 0 unspecified atom stereocenters. The van der Waals surface area contributed by atoms with Crippen LogP contribution in [0.4, 0.5) is 5.69 Å². The first kappa shape index (κ1) is 18.7. The minimum absolute atomic E-state index is 0.185. The molecule has 0 spiro atoms. The van der Waals surface area contributed by atoms with Gasteiger partial charge in [0.15, 0.2) is 6.10 Å². The lowest BCUT2D eigenvalue weighted by atomic mass is 10.2. The zero-order valence-electron chi connectivity index (χ0n) is 14.1. The number of esters is 1. The van der Waals surface area contributed by atoms with Crippen molar-refractivity contribution in [3.8, 4) is 5.75 Å². The average molecular weight is 361 g/mol. The highest BCUT2D eigenvalue weighted by Crippen LogP contribution is 2.18. The van der Waals surface area contributed by atoms with Gasteiger partial charge in [0.05, 0.1) is 28.4 Å². The summed E-state index contributed by atoms with van der Waals surface area (Å²) in [5.74, 6) is -0.572. The van der Waals surface area contributed by atoms with Gasteiger partial charge in [0.2, 0.25) is 0 Å². The first-order chi connectivity index (χ1) is 11.9. The van der Waals surface area contributed by atoms with E-state index >= 15 is 0 Å². The molecule has 0 aromatic heterocycles. The molecule has 0 radical (unpaired) electrons. The summed E-state index contributed by atoms with van der Waals surface area (Å²) in [6.45, 7) is 1.47. The van der Waals surface area contributed by atoms with Gasteiger partial charge in [0.25, 0.3) is 5.91 Å². The van der Waals surface area contributed by atoms with Crippen LogP contribution in [0, 0.1) is 0 Å². The van der Waals surface area contributed by atoms with Crippen molar-refractivity contribution in [1.82, 2.24) is 0 Å². The number of rotatable bonds is 6. The van der Waals surface area contributed by atoms with Crippen LogP contribution in [0.1, 0.15) is 17.3 Å². The molecule has 0 heterocycles. The van der Waals surface area contributed by atoms with Crippen molar-refractivity contribution in [2.45, 2.75) is 17.9 Å². The van der Waals surface area contributed by atoms with Crippen molar-refractivity contribution in [1.29, 1.82) is 0 Å². The molecule has 0 saturated carbocycles. The summed E-state index contributed by atoms with van der Waals surface area (Å²) in [5.41, 5.74) is 0.715. The number of amides is 1. The highest BCUT2D eigenvalue weighted by atomic mass is 32.2. The van der Waals surface area contributed by atoms with Crippen molar-refractivity contribution in [3.63, 3.8) is 0 Å². The van der Waals surface area contributed by atoms with E-state index in [0.29, 0.717) is 16.3 Å². The Morgan fingerprint density at radius 2 is 1.84 bits per heavy atom.